The van der Waals surface area contributed by atoms with E-state index in [-0.39, 0.29) is 11.4 Å². The van der Waals surface area contributed by atoms with Crippen LogP contribution in [0.5, 0.6) is 0 Å². The lowest BCUT2D eigenvalue weighted by Crippen LogP contribution is -2.35. The Kier molecular flexibility index (Phi) is 4.73. The Bertz CT molecular complexity index is 1290. The van der Waals surface area contributed by atoms with Crippen LogP contribution in [0.25, 0.3) is 16.8 Å². The maximum Gasteiger partial charge on any atom is 0.283 e. The van der Waals surface area contributed by atoms with Crippen LogP contribution in [-0.2, 0) is 11.2 Å². The van der Waals surface area contributed by atoms with Gasteiger partial charge in [0.25, 0.3) is 5.91 Å². The van der Waals surface area contributed by atoms with Crippen molar-refractivity contribution in [1.82, 2.24) is 5.01 Å². The first-order valence-electron chi connectivity index (χ1n) is 9.30. The summed E-state index contributed by atoms with van der Waals surface area (Å²) in [4.78, 5) is 16.9. The molecule has 7 heteroatoms. The summed E-state index contributed by atoms with van der Waals surface area (Å²) in [6, 6.07) is 21.4. The van der Waals surface area contributed by atoms with Crippen LogP contribution < -0.4 is 0 Å². The first-order valence-corrected chi connectivity index (χ1v) is 10.5. The Morgan fingerprint density at radius 1 is 1.03 bits per heavy atom. The maximum atomic E-state index is 12.7. The van der Waals surface area contributed by atoms with E-state index in [1.54, 1.807) is 6.08 Å². The molecule has 2 heterocycles. The number of hydrogen-bond donors (Lipinski definition) is 1. The molecule has 0 saturated heterocycles. The highest BCUT2D eigenvalue weighted by atomic mass is 35.5. The van der Waals surface area contributed by atoms with E-state index in [4.69, 9.17) is 17.0 Å². The summed E-state index contributed by atoms with van der Waals surface area (Å²) in [5, 5.41) is 18.5. The molecule has 0 bridgehead atoms. The third-order valence-corrected chi connectivity index (χ3v) is 6.05. The number of fused-ring (bicyclic) bond motifs is 2. The molecule has 0 aliphatic carbocycles. The number of amides is 1. The average Bonchev–Trinajstić information content (AvgIpc) is 3.15. The maximum absolute atomic E-state index is 12.7. The zero-order valence-corrected chi connectivity index (χ0v) is 17.2. The molecule has 1 N–H and O–H groups in total. The zero-order valence-electron chi connectivity index (χ0n) is 15.7. The van der Waals surface area contributed by atoms with Gasteiger partial charge in [0.2, 0.25) is 5.17 Å². The molecule has 0 fully saturated rings. The Morgan fingerprint density at radius 3 is 2.63 bits per heavy atom. The van der Waals surface area contributed by atoms with Gasteiger partial charge in [0.05, 0.1) is 5.57 Å². The van der Waals surface area contributed by atoms with Crippen LogP contribution in [-0.4, -0.2) is 27.0 Å². The summed E-state index contributed by atoms with van der Waals surface area (Å²) < 4.78 is 0. The van der Waals surface area contributed by atoms with Crippen molar-refractivity contribution < 1.29 is 4.79 Å². The Labute approximate surface area is 182 Å². The highest BCUT2D eigenvalue weighted by Crippen LogP contribution is 2.30. The SMILES string of the molecule is N=C1/C(=C\c2cccc3ccccc23)C(=O)N=C2SC(Cc3ccc(Cl)cc3)=NN12. The number of thioether (sulfide) groups is 1. The third-order valence-electron chi connectivity index (χ3n) is 4.89. The minimum atomic E-state index is -0.422. The molecule has 0 spiro atoms. The predicted molar refractivity (Wildman–Crippen MR) is 124 cm³/mol. The summed E-state index contributed by atoms with van der Waals surface area (Å²) >= 11 is 7.26. The first-order chi connectivity index (χ1) is 14.6. The molecule has 1 amide bonds. The van der Waals surface area contributed by atoms with Gasteiger partial charge in [0.1, 0.15) is 5.04 Å². The van der Waals surface area contributed by atoms with Gasteiger partial charge < -0.3 is 0 Å². The minimum absolute atomic E-state index is 0.0385. The Balaban J connectivity index is 1.47. The standard InChI is InChI=1S/C23H15ClN4OS/c24-17-10-8-14(9-11-17)12-20-27-28-21(25)19(22(29)26-23(28)30-20)13-16-6-3-5-15-4-1-2-7-18(15)16/h1-11,13,25H,12H2/b19-13+,25-21?. The van der Waals surface area contributed by atoms with Crippen molar-refractivity contribution in [2.45, 2.75) is 6.42 Å². The second-order valence-corrected chi connectivity index (χ2v) is 8.36. The number of hydrogen-bond acceptors (Lipinski definition) is 4. The molecule has 0 saturated carbocycles. The van der Waals surface area contributed by atoms with E-state index in [9.17, 15) is 4.79 Å². The lowest BCUT2D eigenvalue weighted by molar-refractivity contribution is -0.114. The second-order valence-electron chi connectivity index (χ2n) is 6.89. The number of amidine groups is 2. The second kappa shape index (κ2) is 7.55. The van der Waals surface area contributed by atoms with Crippen molar-refractivity contribution in [2.24, 2.45) is 10.1 Å². The van der Waals surface area contributed by atoms with E-state index < -0.39 is 5.91 Å². The molecule has 0 aromatic heterocycles. The van der Waals surface area contributed by atoms with Crippen LogP contribution in [0.15, 0.2) is 82.4 Å². The number of hydrazone groups is 1. The van der Waals surface area contributed by atoms with Crippen LogP contribution >= 0.6 is 23.4 Å². The minimum Gasteiger partial charge on any atom is -0.282 e. The van der Waals surface area contributed by atoms with E-state index >= 15 is 0 Å². The molecule has 30 heavy (non-hydrogen) atoms. The van der Waals surface area contributed by atoms with Crippen LogP contribution in [0.1, 0.15) is 11.1 Å². The van der Waals surface area contributed by atoms with Crippen molar-refractivity contribution in [3.63, 3.8) is 0 Å². The topological polar surface area (TPSA) is 68.9 Å². The normalized spacial score (nSPS) is 17.4. The lowest BCUT2D eigenvalue weighted by atomic mass is 10.0. The van der Waals surface area contributed by atoms with E-state index in [1.807, 2.05) is 66.7 Å². The summed E-state index contributed by atoms with van der Waals surface area (Å²) in [6.07, 6.45) is 2.31. The molecule has 2 aliphatic rings. The number of nitrogens with zero attached hydrogens (tertiary/aromatic N) is 3. The predicted octanol–water partition coefficient (Wildman–Crippen LogP) is 5.36. The Morgan fingerprint density at radius 2 is 1.80 bits per heavy atom. The highest BCUT2D eigenvalue weighted by Gasteiger charge is 2.35. The molecule has 0 unspecified atom stereocenters. The number of benzene rings is 3. The fourth-order valence-electron chi connectivity index (χ4n) is 3.41. The van der Waals surface area contributed by atoms with Gasteiger partial charge in [-0.25, -0.2) is 0 Å². The van der Waals surface area contributed by atoms with Crippen LogP contribution in [0.4, 0.5) is 0 Å². The fourth-order valence-corrected chi connectivity index (χ4v) is 4.46. The van der Waals surface area contributed by atoms with E-state index in [0.717, 1.165) is 26.9 Å². The van der Waals surface area contributed by atoms with E-state index in [2.05, 4.69) is 10.1 Å². The van der Waals surface area contributed by atoms with Crippen molar-refractivity contribution in [3.8, 4) is 0 Å². The number of aliphatic imine (C=N–C) groups is 1. The lowest BCUT2D eigenvalue weighted by Gasteiger charge is -2.20. The molecule has 2 aliphatic heterocycles. The monoisotopic (exact) mass is 430 g/mol. The average molecular weight is 431 g/mol. The first kappa shape index (κ1) is 18.8. The zero-order chi connectivity index (χ0) is 20.7. The van der Waals surface area contributed by atoms with Gasteiger partial charge in [0.15, 0.2) is 5.84 Å². The molecule has 0 atom stereocenters. The van der Waals surface area contributed by atoms with Crippen molar-refractivity contribution >= 4 is 62.2 Å². The molecular formula is C23H15ClN4OS. The van der Waals surface area contributed by atoms with E-state index in [0.29, 0.717) is 16.6 Å². The summed E-state index contributed by atoms with van der Waals surface area (Å²) in [5.41, 5.74) is 2.15. The van der Waals surface area contributed by atoms with Crippen molar-refractivity contribution in [2.75, 3.05) is 0 Å². The fraction of sp³-hybridized carbons (Fsp3) is 0.0435. The van der Waals surface area contributed by atoms with E-state index in [1.165, 1.54) is 16.8 Å². The molecule has 5 rings (SSSR count). The van der Waals surface area contributed by atoms with Gasteiger partial charge in [-0.15, -0.1) is 0 Å². The molecule has 5 nitrogen and oxygen atoms in total. The molecule has 146 valence electrons. The third kappa shape index (κ3) is 3.44. The van der Waals surface area contributed by atoms with Gasteiger partial charge in [-0.2, -0.15) is 15.1 Å². The number of nitrogens with one attached hydrogen (secondary N) is 1. The van der Waals surface area contributed by atoms with Gasteiger partial charge in [-0.1, -0.05) is 66.2 Å². The van der Waals surface area contributed by atoms with Gasteiger partial charge in [-0.05, 0) is 51.9 Å². The van der Waals surface area contributed by atoms with Crippen molar-refractivity contribution in [1.29, 1.82) is 5.41 Å². The molecule has 0 radical (unpaired) electrons. The van der Waals surface area contributed by atoms with Gasteiger partial charge in [-0.3, -0.25) is 10.2 Å². The number of carbonyl (C=O) groups excluding carboxylic acids is 1. The Hall–Kier alpha value is -3.22. The van der Waals surface area contributed by atoms with Crippen LogP contribution in [0, 0.1) is 5.41 Å². The van der Waals surface area contributed by atoms with Gasteiger partial charge in [0, 0.05) is 11.4 Å². The number of rotatable bonds is 3. The molecule has 3 aromatic rings. The number of carbonyl (C=O) groups is 1. The van der Waals surface area contributed by atoms with Crippen LogP contribution in [0.2, 0.25) is 5.02 Å². The van der Waals surface area contributed by atoms with Gasteiger partial charge >= 0.3 is 0 Å². The molecular weight excluding hydrogens is 416 g/mol. The highest BCUT2D eigenvalue weighted by molar-refractivity contribution is 8.26. The molecule has 3 aromatic carbocycles. The summed E-state index contributed by atoms with van der Waals surface area (Å²) in [5.74, 6) is -0.383. The number of halogens is 1. The van der Waals surface area contributed by atoms with Crippen molar-refractivity contribution in [3.05, 3.63) is 88.5 Å². The quantitative estimate of drug-likeness (QED) is 0.569. The van der Waals surface area contributed by atoms with Crippen LogP contribution in [0.3, 0.4) is 0 Å². The smallest absolute Gasteiger partial charge is 0.282 e. The largest absolute Gasteiger partial charge is 0.283 e. The summed E-state index contributed by atoms with van der Waals surface area (Å²) in [7, 11) is 0. The summed E-state index contributed by atoms with van der Waals surface area (Å²) in [6.45, 7) is 0.